The summed E-state index contributed by atoms with van der Waals surface area (Å²) in [6.07, 6.45) is 4.47. The topological polar surface area (TPSA) is 43.2 Å². The van der Waals surface area contributed by atoms with Gasteiger partial charge in [-0.15, -0.1) is 0 Å². The minimum atomic E-state index is 0.356. The number of hydrogen-bond donors (Lipinski definition) is 0. The molecular formula is C16H24N4O. The van der Waals surface area contributed by atoms with E-state index in [1.165, 1.54) is 12.8 Å². The molecule has 0 spiro atoms. The molecule has 0 amide bonds. The summed E-state index contributed by atoms with van der Waals surface area (Å²) < 4.78 is 7.93. The van der Waals surface area contributed by atoms with Crippen molar-refractivity contribution in [2.75, 3.05) is 20.2 Å². The highest BCUT2D eigenvalue weighted by Crippen LogP contribution is 2.25. The van der Waals surface area contributed by atoms with Crippen molar-refractivity contribution in [3.05, 3.63) is 18.0 Å². The Balaban J connectivity index is 1.86. The van der Waals surface area contributed by atoms with Crippen LogP contribution in [-0.4, -0.2) is 45.7 Å². The van der Waals surface area contributed by atoms with Gasteiger partial charge in [-0.3, -0.25) is 0 Å². The molecule has 0 radical (unpaired) electrons. The van der Waals surface area contributed by atoms with E-state index in [1.54, 1.807) is 0 Å². The van der Waals surface area contributed by atoms with E-state index in [0.717, 1.165) is 23.3 Å². The lowest BCUT2D eigenvalue weighted by Crippen LogP contribution is -2.31. The lowest BCUT2D eigenvalue weighted by atomic mass is 10.1. The van der Waals surface area contributed by atoms with E-state index >= 15 is 0 Å². The molecule has 3 heterocycles. The Morgan fingerprint density at radius 3 is 2.81 bits per heavy atom. The molecule has 3 rings (SSSR count). The van der Waals surface area contributed by atoms with Gasteiger partial charge in [-0.2, -0.15) is 9.97 Å². The third kappa shape index (κ3) is 2.75. The third-order valence-electron chi connectivity index (χ3n) is 4.36. The fourth-order valence-corrected chi connectivity index (χ4v) is 3.00. The van der Waals surface area contributed by atoms with Crippen molar-refractivity contribution in [3.8, 4) is 6.01 Å². The number of rotatable bonds is 4. The lowest BCUT2D eigenvalue weighted by Gasteiger charge is -2.19. The van der Waals surface area contributed by atoms with E-state index < -0.39 is 0 Å². The van der Waals surface area contributed by atoms with Crippen LogP contribution in [0.4, 0.5) is 0 Å². The molecule has 2 aromatic heterocycles. The quantitative estimate of drug-likeness (QED) is 0.867. The monoisotopic (exact) mass is 288 g/mol. The Bertz CT molecular complexity index is 634. The summed E-state index contributed by atoms with van der Waals surface area (Å²) in [4.78, 5) is 11.6. The van der Waals surface area contributed by atoms with Crippen molar-refractivity contribution >= 4 is 11.0 Å². The molecule has 0 saturated carbocycles. The SMILES string of the molecule is CC(C)c1nc(OC[C@@H]2CCCN2C)nc2c1ccn2C. The fourth-order valence-electron chi connectivity index (χ4n) is 3.00. The van der Waals surface area contributed by atoms with Gasteiger partial charge in [0, 0.05) is 24.7 Å². The van der Waals surface area contributed by atoms with Crippen molar-refractivity contribution in [2.45, 2.75) is 38.6 Å². The second kappa shape index (κ2) is 5.64. The predicted molar refractivity (Wildman–Crippen MR) is 83.7 cm³/mol. The molecular weight excluding hydrogens is 264 g/mol. The fraction of sp³-hybridized carbons (Fsp3) is 0.625. The van der Waals surface area contributed by atoms with Crippen molar-refractivity contribution < 1.29 is 4.74 Å². The van der Waals surface area contributed by atoms with Crippen molar-refractivity contribution in [1.29, 1.82) is 0 Å². The van der Waals surface area contributed by atoms with E-state index in [1.807, 2.05) is 17.8 Å². The highest BCUT2D eigenvalue weighted by Gasteiger charge is 2.22. The zero-order valence-electron chi connectivity index (χ0n) is 13.3. The number of fused-ring (bicyclic) bond motifs is 1. The van der Waals surface area contributed by atoms with Gasteiger partial charge >= 0.3 is 6.01 Å². The second-order valence-corrected chi connectivity index (χ2v) is 6.30. The first-order valence-electron chi connectivity index (χ1n) is 7.72. The van der Waals surface area contributed by atoms with E-state index in [0.29, 0.717) is 24.6 Å². The average Bonchev–Trinajstić information content (AvgIpc) is 3.02. The van der Waals surface area contributed by atoms with Gasteiger partial charge < -0.3 is 14.2 Å². The highest BCUT2D eigenvalue weighted by molar-refractivity contribution is 5.79. The average molecular weight is 288 g/mol. The second-order valence-electron chi connectivity index (χ2n) is 6.30. The van der Waals surface area contributed by atoms with Gasteiger partial charge in [0.25, 0.3) is 0 Å². The summed E-state index contributed by atoms with van der Waals surface area (Å²) >= 11 is 0. The van der Waals surface area contributed by atoms with Crippen LogP contribution in [-0.2, 0) is 7.05 Å². The van der Waals surface area contributed by atoms with Crippen LogP contribution >= 0.6 is 0 Å². The predicted octanol–water partition coefficient (Wildman–Crippen LogP) is 2.56. The number of aromatic nitrogens is 3. The number of likely N-dealkylation sites (N-methyl/N-ethyl adjacent to an activating group) is 1. The molecule has 0 aromatic carbocycles. The van der Waals surface area contributed by atoms with Crippen LogP contribution in [0.25, 0.3) is 11.0 Å². The van der Waals surface area contributed by atoms with Crippen molar-refractivity contribution in [2.24, 2.45) is 7.05 Å². The van der Waals surface area contributed by atoms with Crippen LogP contribution in [0.2, 0.25) is 0 Å². The molecule has 114 valence electrons. The van der Waals surface area contributed by atoms with Crippen LogP contribution in [0.15, 0.2) is 12.3 Å². The van der Waals surface area contributed by atoms with Crippen LogP contribution in [0.1, 0.15) is 38.3 Å². The van der Waals surface area contributed by atoms with Crippen LogP contribution in [0.5, 0.6) is 6.01 Å². The molecule has 5 nitrogen and oxygen atoms in total. The number of nitrogens with zero attached hydrogens (tertiary/aromatic N) is 4. The summed E-state index contributed by atoms with van der Waals surface area (Å²) in [5.41, 5.74) is 2.01. The molecule has 21 heavy (non-hydrogen) atoms. The Morgan fingerprint density at radius 1 is 1.33 bits per heavy atom. The van der Waals surface area contributed by atoms with E-state index in [9.17, 15) is 0 Å². The van der Waals surface area contributed by atoms with Gasteiger partial charge in [0.1, 0.15) is 12.3 Å². The highest BCUT2D eigenvalue weighted by atomic mass is 16.5. The molecule has 1 fully saturated rings. The Kier molecular flexibility index (Phi) is 3.85. The summed E-state index contributed by atoms with van der Waals surface area (Å²) in [6.45, 7) is 6.14. The van der Waals surface area contributed by atoms with Crippen molar-refractivity contribution in [3.63, 3.8) is 0 Å². The number of hydrogen-bond acceptors (Lipinski definition) is 4. The minimum Gasteiger partial charge on any atom is -0.462 e. The molecule has 0 bridgehead atoms. The van der Waals surface area contributed by atoms with Gasteiger partial charge in [0.05, 0.1) is 5.69 Å². The van der Waals surface area contributed by atoms with Gasteiger partial charge in [-0.25, -0.2) is 0 Å². The normalized spacial score (nSPS) is 19.8. The number of aryl methyl sites for hydroxylation is 1. The van der Waals surface area contributed by atoms with Crippen LogP contribution in [0, 0.1) is 0 Å². The third-order valence-corrected chi connectivity index (χ3v) is 4.36. The zero-order valence-corrected chi connectivity index (χ0v) is 13.3. The maximum absolute atomic E-state index is 5.91. The van der Waals surface area contributed by atoms with Gasteiger partial charge in [0.15, 0.2) is 0 Å². The van der Waals surface area contributed by atoms with E-state index in [-0.39, 0.29) is 0 Å². The number of likely N-dealkylation sites (tertiary alicyclic amines) is 1. The summed E-state index contributed by atoms with van der Waals surface area (Å²) in [5.74, 6) is 0.356. The number of ether oxygens (including phenoxy) is 1. The summed E-state index contributed by atoms with van der Waals surface area (Å²) in [6, 6.07) is 3.08. The molecule has 0 unspecified atom stereocenters. The zero-order chi connectivity index (χ0) is 15.0. The molecule has 1 aliphatic heterocycles. The summed E-state index contributed by atoms with van der Waals surface area (Å²) in [7, 11) is 4.16. The maximum atomic E-state index is 5.91. The van der Waals surface area contributed by atoms with Gasteiger partial charge in [0.2, 0.25) is 0 Å². The van der Waals surface area contributed by atoms with Crippen LogP contribution < -0.4 is 4.74 Å². The first kappa shape index (κ1) is 14.3. The smallest absolute Gasteiger partial charge is 0.318 e. The molecule has 0 aliphatic carbocycles. The largest absolute Gasteiger partial charge is 0.462 e. The molecule has 0 N–H and O–H groups in total. The van der Waals surface area contributed by atoms with Gasteiger partial charge in [-0.05, 0) is 38.4 Å². The molecule has 1 atom stereocenters. The first-order chi connectivity index (χ1) is 10.1. The Hall–Kier alpha value is -1.62. The standard InChI is InChI=1S/C16H24N4O/c1-11(2)14-13-7-9-20(4)15(13)18-16(17-14)21-10-12-6-5-8-19(12)3/h7,9,11-12H,5-6,8,10H2,1-4H3/t12-/m0/s1. The molecule has 5 heteroatoms. The molecule has 1 saturated heterocycles. The Labute approximate surface area is 125 Å². The summed E-state index contributed by atoms with van der Waals surface area (Å²) in [5, 5.41) is 1.12. The minimum absolute atomic E-state index is 0.356. The lowest BCUT2D eigenvalue weighted by molar-refractivity contribution is 0.187. The molecule has 1 aliphatic rings. The molecule has 2 aromatic rings. The first-order valence-corrected chi connectivity index (χ1v) is 7.72. The van der Waals surface area contributed by atoms with E-state index in [2.05, 4.69) is 41.8 Å². The Morgan fingerprint density at radius 2 is 2.14 bits per heavy atom. The maximum Gasteiger partial charge on any atom is 0.318 e. The van der Waals surface area contributed by atoms with E-state index in [4.69, 9.17) is 4.74 Å². The van der Waals surface area contributed by atoms with Crippen molar-refractivity contribution in [1.82, 2.24) is 19.4 Å². The van der Waals surface area contributed by atoms with Crippen LogP contribution in [0.3, 0.4) is 0 Å². The van der Waals surface area contributed by atoms with Gasteiger partial charge in [-0.1, -0.05) is 13.8 Å².